The van der Waals surface area contributed by atoms with Crippen molar-refractivity contribution in [2.24, 2.45) is 0 Å². The first-order valence-electron chi connectivity index (χ1n) is 41.1. The van der Waals surface area contributed by atoms with Crippen molar-refractivity contribution >= 4 is 0 Å². The third-order valence-corrected chi connectivity index (χ3v) is 14.7. The molecule has 0 aliphatic heterocycles. The van der Waals surface area contributed by atoms with E-state index in [0.717, 1.165) is 18.2 Å². The summed E-state index contributed by atoms with van der Waals surface area (Å²) in [6, 6.07) is 41.3. The zero-order valence-corrected chi connectivity index (χ0v) is 77.4. The summed E-state index contributed by atoms with van der Waals surface area (Å²) in [6.45, 7) is 48.0. The topological polar surface area (TPSA) is 392 Å². The average molecular weight is 1690 g/mol. The Bertz CT molecular complexity index is 4420. The molecule has 0 spiro atoms. The third-order valence-electron chi connectivity index (χ3n) is 14.7. The van der Waals surface area contributed by atoms with Crippen molar-refractivity contribution < 1.29 is 89.0 Å². The Morgan fingerprint density at radius 2 is 0.287 bits per heavy atom. The highest BCUT2D eigenvalue weighted by Crippen LogP contribution is 2.43. The fourth-order valence-corrected chi connectivity index (χ4v) is 9.62. The molecule has 0 aliphatic rings. The highest BCUT2D eigenvalue weighted by molar-refractivity contribution is 5.79. The van der Waals surface area contributed by atoms with E-state index in [2.05, 4.69) is 44.9 Å². The fraction of sp³-hybridized carbons (Fsp3) is 0.337. The maximum Gasteiger partial charge on any atom is 0.167 e. The van der Waals surface area contributed by atoms with E-state index in [0.29, 0.717) is 79.4 Å². The molecule has 666 valence electrons. The Kier molecular flexibility index (Phi) is 58.6. The quantitative estimate of drug-likeness (QED) is 0.0405. The van der Waals surface area contributed by atoms with Crippen LogP contribution in [0, 0.1) is 0 Å². The first-order valence-corrected chi connectivity index (χ1v) is 41.1. The number of ether oxygens (including phenoxy) is 8. The lowest BCUT2D eigenvalue weighted by molar-refractivity contribution is 0.395. The van der Waals surface area contributed by atoms with Crippen LogP contribution in [0.2, 0.25) is 0 Å². The van der Waals surface area contributed by atoms with Crippen molar-refractivity contribution in [1.29, 1.82) is 0 Å². The molecule has 0 saturated heterocycles. The normalized spacial score (nSPS) is 9.15. The van der Waals surface area contributed by atoms with Gasteiger partial charge in [0.15, 0.2) is 52.4 Å². The van der Waals surface area contributed by atoms with Crippen molar-refractivity contribution in [3.63, 3.8) is 0 Å². The number of benzene rings is 9. The van der Waals surface area contributed by atoms with Gasteiger partial charge in [0.2, 0.25) is 0 Å². The minimum Gasteiger partial charge on any atom is -0.508 e. The molecule has 0 amide bonds. The molecule has 0 saturated carbocycles. The maximum absolute atomic E-state index is 10.6. The van der Waals surface area contributed by atoms with Gasteiger partial charge in [0.05, 0.1) is 107 Å². The predicted octanol–water partition coefficient (Wildman–Crippen LogP) is 24.1. The molecule has 0 radical (unpaired) electrons. The van der Waals surface area contributed by atoms with E-state index < -0.39 is 0 Å². The predicted molar refractivity (Wildman–Crippen MR) is 494 cm³/mol. The molecule has 12 aromatic rings. The number of hydrogen-bond donors (Lipinski definition) is 10. The van der Waals surface area contributed by atoms with Crippen LogP contribution in [0.1, 0.15) is 166 Å². The number of aromatic hydroxyl groups is 10. The molecule has 3 heterocycles. The monoisotopic (exact) mass is 1690 g/mol. The molecule has 0 bridgehead atoms. The van der Waals surface area contributed by atoms with Crippen LogP contribution in [0.25, 0.3) is 102 Å². The lowest BCUT2D eigenvalue weighted by atomic mass is 10.1. The van der Waals surface area contributed by atoms with Gasteiger partial charge in [0, 0.05) is 54.6 Å². The van der Waals surface area contributed by atoms with Gasteiger partial charge in [-0.1, -0.05) is 166 Å². The molecule has 3 aromatic heterocycles. The van der Waals surface area contributed by atoms with Crippen molar-refractivity contribution in [3.8, 4) is 206 Å². The molecule has 0 aliphatic carbocycles. The minimum absolute atomic E-state index is 0.00690. The first kappa shape index (κ1) is 113. The van der Waals surface area contributed by atoms with E-state index in [-0.39, 0.29) is 127 Å². The second-order valence-corrected chi connectivity index (χ2v) is 20.7. The van der Waals surface area contributed by atoms with Crippen LogP contribution in [0.4, 0.5) is 0 Å². The molecule has 0 atom stereocenters. The Labute approximate surface area is 723 Å². The summed E-state index contributed by atoms with van der Waals surface area (Å²) in [6.07, 6.45) is 0. The molecule has 0 fully saturated rings. The van der Waals surface area contributed by atoms with Crippen LogP contribution in [-0.2, 0) is 0 Å². The van der Waals surface area contributed by atoms with Gasteiger partial charge in [0.25, 0.3) is 0 Å². The van der Waals surface area contributed by atoms with Crippen LogP contribution < -0.4 is 37.9 Å². The molecule has 10 N–H and O–H groups in total. The summed E-state index contributed by atoms with van der Waals surface area (Å²) < 4.78 is 42.3. The van der Waals surface area contributed by atoms with E-state index in [4.69, 9.17) is 37.9 Å². The van der Waals surface area contributed by atoms with Crippen LogP contribution >= 0.6 is 0 Å². The Morgan fingerprint density at radius 3 is 0.426 bits per heavy atom. The largest absolute Gasteiger partial charge is 0.508 e. The first-order chi connectivity index (χ1) is 59.2. The lowest BCUT2D eigenvalue weighted by Gasteiger charge is -2.13. The van der Waals surface area contributed by atoms with Crippen LogP contribution in [0.5, 0.6) is 103 Å². The Morgan fingerprint density at radius 1 is 0.156 bits per heavy atom. The number of nitrogens with zero attached hydrogens (tertiary/aromatic N) is 9. The molecule has 122 heavy (non-hydrogen) atoms. The number of phenolic OH excluding ortho intramolecular Hbond substituents is 10. The van der Waals surface area contributed by atoms with Gasteiger partial charge in [-0.15, -0.1) is 0 Å². The van der Waals surface area contributed by atoms with Crippen LogP contribution in [0.3, 0.4) is 0 Å². The second kappa shape index (κ2) is 63.5. The Balaban J connectivity index is -0.00000155. The standard InChI is InChI=1S/2C25H23N3O6.C21H15N3O6.12C2H6/c2*1-31-14-5-8-17(20(29)11-14)23-26-24(18-9-6-15(32-2)12-21(18)30)28-25(27-23)19-10-7-16(33-3)13-22(19)34-4;25-10-1-4-13(16(28)7-10)19-22-20(14-5-2-11(26)8-17(14)29)24-21(23-19)15-6-3-12(27)9-18(15)30;12*1-2/h2*5-13,29-30H,1-4H3;1-9,25-30H;12*1-2H3. The Hall–Kier alpha value is -13.6. The highest BCUT2D eigenvalue weighted by atomic mass is 16.5. The van der Waals surface area contributed by atoms with E-state index in [9.17, 15) is 51.1 Å². The average Bonchev–Trinajstić information content (AvgIpc) is 0.790. The van der Waals surface area contributed by atoms with Gasteiger partial charge in [-0.05, 0) is 109 Å². The van der Waals surface area contributed by atoms with Crippen molar-refractivity contribution in [1.82, 2.24) is 44.9 Å². The summed E-state index contributed by atoms with van der Waals surface area (Å²) in [7, 11) is 12.2. The van der Waals surface area contributed by atoms with Crippen LogP contribution in [0.15, 0.2) is 164 Å². The summed E-state index contributed by atoms with van der Waals surface area (Å²) >= 11 is 0. The SMILES string of the molecule is CC.CC.CC.CC.CC.CC.CC.CC.CC.CC.CC.CC.COc1ccc(-c2nc(-c3ccc(OC)cc3O)nc(-c3ccc(OC)cc3OC)n2)c(O)c1.COc1ccc(-c2nc(-c3ccc(OC)cc3O)nc(-c3ccc(OC)cc3OC)n2)c(O)c1.Oc1ccc(-c2nc(-c3ccc(O)cc3O)nc(-c3ccc(O)cc3O)n2)c(O)c1. The van der Waals surface area contributed by atoms with E-state index in [1.54, 1.807) is 99.1 Å². The van der Waals surface area contributed by atoms with E-state index in [1.165, 1.54) is 103 Å². The maximum atomic E-state index is 10.6. The van der Waals surface area contributed by atoms with Gasteiger partial charge in [-0.2, -0.15) is 0 Å². The van der Waals surface area contributed by atoms with E-state index in [1.807, 2.05) is 166 Å². The third kappa shape index (κ3) is 32.3. The number of rotatable bonds is 17. The number of phenols is 10. The number of aromatic nitrogens is 9. The van der Waals surface area contributed by atoms with Crippen molar-refractivity contribution in [2.45, 2.75) is 166 Å². The van der Waals surface area contributed by atoms with Gasteiger partial charge >= 0.3 is 0 Å². The van der Waals surface area contributed by atoms with Gasteiger partial charge in [-0.25, -0.2) is 44.9 Å². The molecular weight excluding hydrogens is 1560 g/mol. The summed E-state index contributed by atoms with van der Waals surface area (Å²) in [5.41, 5.74) is 3.15. The zero-order valence-electron chi connectivity index (χ0n) is 77.4. The molecule has 27 heteroatoms. The van der Waals surface area contributed by atoms with E-state index >= 15 is 0 Å². The summed E-state index contributed by atoms with van der Waals surface area (Å²) in [5.74, 6) is 3.93. The fourth-order valence-electron chi connectivity index (χ4n) is 9.62. The molecule has 9 aromatic carbocycles. The number of hydrogen-bond acceptors (Lipinski definition) is 27. The smallest absolute Gasteiger partial charge is 0.167 e. The van der Waals surface area contributed by atoms with Crippen molar-refractivity contribution in [2.75, 3.05) is 56.9 Å². The summed E-state index contributed by atoms with van der Waals surface area (Å²) in [5, 5.41) is 102. The van der Waals surface area contributed by atoms with Crippen LogP contribution in [-0.4, -0.2) is 153 Å². The second-order valence-electron chi connectivity index (χ2n) is 20.7. The van der Waals surface area contributed by atoms with Gasteiger partial charge < -0.3 is 89.0 Å². The highest BCUT2D eigenvalue weighted by Gasteiger charge is 2.24. The lowest BCUT2D eigenvalue weighted by Crippen LogP contribution is -2.02. The number of methoxy groups -OCH3 is 8. The summed E-state index contributed by atoms with van der Waals surface area (Å²) in [4.78, 5) is 40.3. The molecule has 27 nitrogen and oxygen atoms in total. The molecular formula is C95H133N9O18. The van der Waals surface area contributed by atoms with Crippen molar-refractivity contribution in [3.05, 3.63) is 164 Å². The molecule has 0 unspecified atom stereocenters. The molecule has 12 rings (SSSR count). The van der Waals surface area contributed by atoms with Gasteiger partial charge in [0.1, 0.15) is 103 Å². The zero-order chi connectivity index (χ0) is 93.9. The minimum atomic E-state index is -0.289. The van der Waals surface area contributed by atoms with Gasteiger partial charge in [-0.3, -0.25) is 0 Å².